The third-order valence-electron chi connectivity index (χ3n) is 4.52. The molecule has 0 aliphatic carbocycles. The summed E-state index contributed by atoms with van der Waals surface area (Å²) in [7, 11) is -6.87. The number of ketones is 1. The highest BCUT2D eigenvalue weighted by Gasteiger charge is 2.50. The van der Waals surface area contributed by atoms with Crippen LogP contribution in [0.25, 0.3) is 0 Å². The number of methoxy groups -OCH3 is 1. The summed E-state index contributed by atoms with van der Waals surface area (Å²) in [5, 5.41) is 0. The summed E-state index contributed by atoms with van der Waals surface area (Å²) in [4.78, 5) is 11.3. The standard InChI is InChI=1S/C16H38O6Si3.C9H22O3Si2.CH4/c1-17-11-15(21-24(5,6)7)12-19-16(13-18-15,22-25(8,9)10)14-20-23(2,3)4;1-13(2,3)11-7-9(10)8-12-14(4,5)6;/h11-14H2,1-10H3;7-8H2,1-6H3;1H4. The minimum atomic E-state index is -1.86. The normalized spacial score (nSPS) is 22.7. The van der Waals surface area contributed by atoms with Crippen molar-refractivity contribution < 1.29 is 41.1 Å². The Morgan fingerprint density at radius 1 is 0.575 bits per heavy atom. The van der Waals surface area contributed by atoms with E-state index in [0.29, 0.717) is 13.2 Å². The van der Waals surface area contributed by atoms with Gasteiger partial charge in [0.1, 0.15) is 19.8 Å². The number of hydrogen-bond donors (Lipinski definition) is 0. The van der Waals surface area contributed by atoms with E-state index in [1.807, 2.05) is 0 Å². The van der Waals surface area contributed by atoms with Gasteiger partial charge in [-0.1, -0.05) is 7.43 Å². The van der Waals surface area contributed by atoms with Gasteiger partial charge in [-0.3, -0.25) is 4.79 Å². The van der Waals surface area contributed by atoms with Gasteiger partial charge in [-0.15, -0.1) is 0 Å². The Kier molecular flexibility index (Phi) is 17.5. The van der Waals surface area contributed by atoms with Crippen LogP contribution in [-0.4, -0.2) is 106 Å². The lowest BCUT2D eigenvalue weighted by molar-refractivity contribution is -0.365. The van der Waals surface area contributed by atoms with Crippen LogP contribution in [0.1, 0.15) is 7.43 Å². The number of rotatable bonds is 15. The summed E-state index contributed by atoms with van der Waals surface area (Å²) < 4.78 is 47.5. The zero-order valence-corrected chi connectivity index (χ0v) is 32.9. The predicted molar refractivity (Wildman–Crippen MR) is 178 cm³/mol. The van der Waals surface area contributed by atoms with E-state index in [4.69, 9.17) is 36.3 Å². The van der Waals surface area contributed by atoms with Gasteiger partial charge in [0.25, 0.3) is 0 Å². The van der Waals surface area contributed by atoms with Crippen LogP contribution in [0.15, 0.2) is 0 Å². The van der Waals surface area contributed by atoms with Crippen molar-refractivity contribution in [2.24, 2.45) is 0 Å². The molecule has 242 valence electrons. The Hall–Kier alpha value is 0.434. The minimum absolute atomic E-state index is 0. The molecule has 40 heavy (non-hydrogen) atoms. The van der Waals surface area contributed by atoms with E-state index >= 15 is 0 Å². The van der Waals surface area contributed by atoms with Crippen LogP contribution in [-0.2, 0) is 41.1 Å². The number of Topliss-reactive ketones (excluding diaryl/α,β-unsaturated/α-hetero) is 1. The van der Waals surface area contributed by atoms with Crippen molar-refractivity contribution in [2.45, 2.75) is 117 Å². The zero-order valence-electron chi connectivity index (χ0n) is 27.9. The molecule has 1 heterocycles. The molecular formula is C26H64O9Si5. The highest BCUT2D eigenvalue weighted by molar-refractivity contribution is 6.71. The van der Waals surface area contributed by atoms with Gasteiger partial charge in [0.15, 0.2) is 47.4 Å². The van der Waals surface area contributed by atoms with Crippen molar-refractivity contribution in [3.8, 4) is 0 Å². The maximum absolute atomic E-state index is 11.3. The molecule has 2 unspecified atom stereocenters. The lowest BCUT2D eigenvalue weighted by Crippen LogP contribution is -2.64. The minimum Gasteiger partial charge on any atom is -0.412 e. The maximum Gasteiger partial charge on any atom is 0.207 e. The molecule has 0 bridgehead atoms. The quantitative estimate of drug-likeness (QED) is 0.182. The van der Waals surface area contributed by atoms with Crippen LogP contribution >= 0.6 is 0 Å². The van der Waals surface area contributed by atoms with Crippen molar-refractivity contribution in [3.63, 3.8) is 0 Å². The van der Waals surface area contributed by atoms with E-state index in [1.165, 1.54) is 0 Å². The van der Waals surface area contributed by atoms with Crippen molar-refractivity contribution in [1.82, 2.24) is 0 Å². The first-order valence-electron chi connectivity index (χ1n) is 13.8. The monoisotopic (exact) mass is 660 g/mol. The highest BCUT2D eigenvalue weighted by atomic mass is 28.4. The van der Waals surface area contributed by atoms with Crippen LogP contribution in [0.5, 0.6) is 0 Å². The summed E-state index contributed by atoms with van der Waals surface area (Å²) >= 11 is 0. The first-order valence-corrected chi connectivity index (χ1v) is 30.8. The third kappa shape index (κ3) is 22.0. The molecule has 0 saturated carbocycles. The van der Waals surface area contributed by atoms with E-state index in [9.17, 15) is 4.79 Å². The van der Waals surface area contributed by atoms with E-state index in [-0.39, 0.29) is 39.6 Å². The molecule has 0 N–H and O–H groups in total. The van der Waals surface area contributed by atoms with Gasteiger partial charge in [0.2, 0.25) is 11.6 Å². The Bertz CT molecular complexity index is 705. The second kappa shape index (κ2) is 16.5. The summed E-state index contributed by atoms with van der Waals surface area (Å²) in [6.07, 6.45) is 0. The predicted octanol–water partition coefficient (Wildman–Crippen LogP) is 6.52. The fourth-order valence-electron chi connectivity index (χ4n) is 3.21. The summed E-state index contributed by atoms with van der Waals surface area (Å²) in [5.41, 5.74) is 0. The molecule has 1 aliphatic rings. The van der Waals surface area contributed by atoms with Gasteiger partial charge in [-0.25, -0.2) is 0 Å². The molecule has 1 aliphatic heterocycles. The molecular weight excluding hydrogens is 597 g/mol. The number of ether oxygens (including phenoxy) is 3. The molecule has 0 radical (unpaired) electrons. The Labute approximate surface area is 251 Å². The SMILES string of the molecule is C.COCC1(O[Si](C)(C)C)COC(CO[Si](C)(C)C)(O[Si](C)(C)C)CO1.C[Si](C)(C)OCC(=O)CO[Si](C)(C)C. The van der Waals surface area contributed by atoms with Crippen molar-refractivity contribution in [2.75, 3.05) is 46.8 Å². The lowest BCUT2D eigenvalue weighted by Gasteiger charge is -2.49. The smallest absolute Gasteiger partial charge is 0.207 e. The van der Waals surface area contributed by atoms with Crippen molar-refractivity contribution in [3.05, 3.63) is 0 Å². The average Bonchev–Trinajstić information content (AvgIpc) is 2.68. The van der Waals surface area contributed by atoms with Gasteiger partial charge < -0.3 is 36.3 Å². The number of carbonyl (C=O) groups is 1. The number of carbonyl (C=O) groups excluding carboxylic acids is 1. The molecule has 0 spiro atoms. The molecule has 1 rings (SSSR count). The summed E-state index contributed by atoms with van der Waals surface area (Å²) in [5.74, 6) is -1.69. The van der Waals surface area contributed by atoms with E-state index in [1.54, 1.807) is 7.11 Å². The molecule has 0 amide bonds. The van der Waals surface area contributed by atoms with Gasteiger partial charge in [-0.2, -0.15) is 0 Å². The van der Waals surface area contributed by atoms with Gasteiger partial charge >= 0.3 is 0 Å². The highest BCUT2D eigenvalue weighted by Crippen LogP contribution is 2.33. The number of hydrogen-bond acceptors (Lipinski definition) is 9. The fraction of sp³-hybridized carbons (Fsp3) is 0.962. The fourth-order valence-corrected chi connectivity index (χ4v) is 7.63. The van der Waals surface area contributed by atoms with Crippen LogP contribution in [0.2, 0.25) is 98.2 Å². The maximum atomic E-state index is 11.3. The van der Waals surface area contributed by atoms with Gasteiger partial charge in [0.05, 0.1) is 19.8 Å². The van der Waals surface area contributed by atoms with Crippen molar-refractivity contribution >= 4 is 47.4 Å². The molecule has 1 saturated heterocycles. The molecule has 0 aromatic heterocycles. The molecule has 14 heteroatoms. The Morgan fingerprint density at radius 2 is 0.900 bits per heavy atom. The Morgan fingerprint density at radius 3 is 1.15 bits per heavy atom. The van der Waals surface area contributed by atoms with Crippen molar-refractivity contribution in [1.29, 1.82) is 0 Å². The first kappa shape index (κ1) is 42.6. The molecule has 1 fully saturated rings. The van der Waals surface area contributed by atoms with Crippen LogP contribution in [0.3, 0.4) is 0 Å². The second-order valence-corrected chi connectivity index (χ2v) is 37.4. The van der Waals surface area contributed by atoms with Crippen LogP contribution in [0, 0.1) is 0 Å². The van der Waals surface area contributed by atoms with E-state index < -0.39 is 53.2 Å². The van der Waals surface area contributed by atoms with E-state index in [2.05, 4.69) is 98.2 Å². The molecule has 9 nitrogen and oxygen atoms in total. The zero-order chi connectivity index (χ0) is 31.0. The summed E-state index contributed by atoms with van der Waals surface area (Å²) in [6, 6.07) is 0. The van der Waals surface area contributed by atoms with E-state index in [0.717, 1.165) is 0 Å². The van der Waals surface area contributed by atoms with Crippen LogP contribution in [0.4, 0.5) is 0 Å². The third-order valence-corrected chi connectivity index (χ3v) is 9.52. The van der Waals surface area contributed by atoms with Gasteiger partial charge in [-0.05, 0) is 98.2 Å². The topological polar surface area (TPSA) is 90.9 Å². The lowest BCUT2D eigenvalue weighted by atomic mass is 10.2. The van der Waals surface area contributed by atoms with Gasteiger partial charge in [0, 0.05) is 7.11 Å². The largest absolute Gasteiger partial charge is 0.412 e. The second-order valence-electron chi connectivity index (χ2n) is 15.0. The molecule has 2 atom stereocenters. The average molecular weight is 661 g/mol. The first-order chi connectivity index (χ1) is 17.2. The molecule has 0 aromatic rings. The summed E-state index contributed by atoms with van der Waals surface area (Å²) in [6.45, 7) is 33.4. The van der Waals surface area contributed by atoms with Crippen LogP contribution < -0.4 is 0 Å². The molecule has 0 aromatic carbocycles. The Balaban J connectivity index is 0.